The maximum atomic E-state index is 12.8. The van der Waals surface area contributed by atoms with E-state index in [1.807, 2.05) is 13.0 Å². The van der Waals surface area contributed by atoms with Crippen molar-refractivity contribution in [1.29, 1.82) is 0 Å². The number of anilines is 1. The summed E-state index contributed by atoms with van der Waals surface area (Å²) in [6, 6.07) is 10.7. The first-order valence-electron chi connectivity index (χ1n) is 7.76. The fourth-order valence-electron chi connectivity index (χ4n) is 2.64. The Morgan fingerprint density at radius 2 is 1.85 bits per heavy atom. The number of aromatic hydroxyl groups is 1. The Balaban J connectivity index is 2.06. The van der Waals surface area contributed by atoms with Crippen LogP contribution in [0.25, 0.3) is 6.08 Å². The fraction of sp³-hybridized carbons (Fsp3) is 0.105. The predicted molar refractivity (Wildman–Crippen MR) is 94.8 cm³/mol. The van der Waals surface area contributed by atoms with Crippen molar-refractivity contribution in [1.82, 2.24) is 5.32 Å². The van der Waals surface area contributed by atoms with E-state index in [9.17, 15) is 19.5 Å². The molecule has 1 aliphatic rings. The number of para-hydroxylation sites is 1. The smallest absolute Gasteiger partial charge is 0.335 e. The highest BCUT2D eigenvalue weighted by molar-refractivity contribution is 6.39. The number of carbonyl (C=O) groups excluding carboxylic acids is 3. The fourth-order valence-corrected chi connectivity index (χ4v) is 2.64. The van der Waals surface area contributed by atoms with Gasteiger partial charge in [-0.1, -0.05) is 24.3 Å². The second kappa shape index (κ2) is 6.72. The van der Waals surface area contributed by atoms with Gasteiger partial charge < -0.3 is 9.84 Å². The first-order valence-corrected chi connectivity index (χ1v) is 7.76. The first kappa shape index (κ1) is 17.2. The minimum Gasteiger partial charge on any atom is -0.504 e. The molecule has 26 heavy (non-hydrogen) atoms. The number of nitrogens with one attached hydrogen (secondary N) is 1. The number of nitrogens with zero attached hydrogens (tertiary/aromatic N) is 1. The molecule has 1 fully saturated rings. The highest BCUT2D eigenvalue weighted by Gasteiger charge is 2.37. The van der Waals surface area contributed by atoms with Crippen LogP contribution in [0.2, 0.25) is 0 Å². The number of benzene rings is 2. The number of rotatable bonds is 3. The van der Waals surface area contributed by atoms with Gasteiger partial charge in [-0.3, -0.25) is 14.9 Å². The van der Waals surface area contributed by atoms with Crippen LogP contribution in [-0.4, -0.2) is 30.1 Å². The van der Waals surface area contributed by atoms with E-state index < -0.39 is 17.8 Å². The van der Waals surface area contributed by atoms with Gasteiger partial charge >= 0.3 is 6.03 Å². The third-order valence-electron chi connectivity index (χ3n) is 3.91. The number of urea groups is 1. The highest BCUT2D eigenvalue weighted by Crippen LogP contribution is 2.32. The molecule has 0 atom stereocenters. The number of phenols is 1. The van der Waals surface area contributed by atoms with E-state index in [0.29, 0.717) is 5.69 Å². The summed E-state index contributed by atoms with van der Waals surface area (Å²) in [5.74, 6) is -1.60. The quantitative estimate of drug-likeness (QED) is 0.653. The third kappa shape index (κ3) is 3.02. The van der Waals surface area contributed by atoms with Crippen LogP contribution >= 0.6 is 0 Å². The highest BCUT2D eigenvalue weighted by atomic mass is 16.5. The minimum absolute atomic E-state index is 0.203. The van der Waals surface area contributed by atoms with Crippen molar-refractivity contribution < 1.29 is 24.2 Å². The third-order valence-corrected chi connectivity index (χ3v) is 3.91. The molecule has 0 radical (unpaired) electrons. The van der Waals surface area contributed by atoms with E-state index in [1.165, 1.54) is 19.3 Å². The van der Waals surface area contributed by atoms with Crippen molar-refractivity contribution in [2.75, 3.05) is 12.0 Å². The molecule has 1 saturated heterocycles. The van der Waals surface area contributed by atoms with Crippen molar-refractivity contribution in [3.05, 3.63) is 59.2 Å². The number of barbiturate groups is 1. The Kier molecular flexibility index (Phi) is 4.45. The second-order valence-corrected chi connectivity index (χ2v) is 5.69. The van der Waals surface area contributed by atoms with Crippen molar-refractivity contribution in [2.45, 2.75) is 6.92 Å². The van der Waals surface area contributed by atoms with E-state index in [0.717, 1.165) is 10.5 Å². The van der Waals surface area contributed by atoms with Crippen molar-refractivity contribution >= 4 is 29.6 Å². The first-order chi connectivity index (χ1) is 12.4. The van der Waals surface area contributed by atoms with Gasteiger partial charge in [-0.15, -0.1) is 0 Å². The van der Waals surface area contributed by atoms with Gasteiger partial charge in [0.25, 0.3) is 11.8 Å². The zero-order valence-electron chi connectivity index (χ0n) is 14.1. The lowest BCUT2D eigenvalue weighted by atomic mass is 10.1. The maximum absolute atomic E-state index is 12.8. The molecule has 0 spiro atoms. The number of amides is 4. The lowest BCUT2D eigenvalue weighted by Crippen LogP contribution is -2.54. The van der Waals surface area contributed by atoms with Crippen LogP contribution in [-0.2, 0) is 9.59 Å². The van der Waals surface area contributed by atoms with Crippen LogP contribution in [0, 0.1) is 6.92 Å². The van der Waals surface area contributed by atoms with Gasteiger partial charge in [-0.25, -0.2) is 9.69 Å². The summed E-state index contributed by atoms with van der Waals surface area (Å²) in [6.45, 7) is 1.83. The molecular weight excluding hydrogens is 336 g/mol. The Morgan fingerprint density at radius 3 is 2.54 bits per heavy atom. The molecule has 1 heterocycles. The molecule has 1 aliphatic heterocycles. The number of methoxy groups -OCH3 is 1. The van der Waals surface area contributed by atoms with Gasteiger partial charge in [0, 0.05) is 5.56 Å². The SMILES string of the molecule is COc1cccc(/C=C2/C(=O)NC(=O)N(c3cccc(C)c3)C2=O)c1O. The molecule has 0 bridgehead atoms. The van der Waals surface area contributed by atoms with Crippen LogP contribution in [0.4, 0.5) is 10.5 Å². The molecule has 0 aliphatic carbocycles. The Bertz CT molecular complexity index is 949. The number of hydrogen-bond acceptors (Lipinski definition) is 5. The summed E-state index contributed by atoms with van der Waals surface area (Å²) in [4.78, 5) is 38.0. The number of carbonyl (C=O) groups is 3. The Hall–Kier alpha value is -3.61. The zero-order valence-corrected chi connectivity index (χ0v) is 14.1. The molecule has 2 aromatic rings. The minimum atomic E-state index is -0.828. The monoisotopic (exact) mass is 352 g/mol. The number of ether oxygens (including phenoxy) is 1. The molecule has 3 rings (SSSR count). The molecule has 0 unspecified atom stereocenters. The number of imide groups is 2. The van der Waals surface area contributed by atoms with Crippen molar-refractivity contribution in [3.8, 4) is 11.5 Å². The standard InChI is InChI=1S/C19H16N2O5/c1-11-5-3-7-13(9-11)21-18(24)14(17(23)20-19(21)25)10-12-6-4-8-15(26-2)16(12)22/h3-10,22H,1-2H3,(H,20,23,25)/b14-10-. The van der Waals surface area contributed by atoms with Gasteiger partial charge in [-0.05, 0) is 36.8 Å². The average molecular weight is 352 g/mol. The number of hydrogen-bond donors (Lipinski definition) is 2. The molecule has 4 amide bonds. The van der Waals surface area contributed by atoms with Crippen LogP contribution < -0.4 is 15.0 Å². The molecule has 7 nitrogen and oxygen atoms in total. The predicted octanol–water partition coefficient (Wildman–Crippen LogP) is 2.38. The zero-order chi connectivity index (χ0) is 18.8. The van der Waals surface area contributed by atoms with Gasteiger partial charge in [0.15, 0.2) is 11.5 Å². The second-order valence-electron chi connectivity index (χ2n) is 5.69. The molecular formula is C19H16N2O5. The summed E-state index contributed by atoms with van der Waals surface area (Å²) in [5, 5.41) is 12.3. The topological polar surface area (TPSA) is 95.9 Å². The molecule has 0 saturated carbocycles. The van der Waals surface area contributed by atoms with E-state index in [2.05, 4.69) is 5.32 Å². The van der Waals surface area contributed by atoms with E-state index >= 15 is 0 Å². The van der Waals surface area contributed by atoms with Gasteiger partial charge in [0.2, 0.25) is 0 Å². The number of phenolic OH excluding ortho intramolecular Hbond substituents is 1. The normalized spacial score (nSPS) is 16.0. The molecule has 132 valence electrons. The molecule has 2 N–H and O–H groups in total. The Labute approximate surface area is 149 Å². The van der Waals surface area contributed by atoms with Crippen LogP contribution in [0.3, 0.4) is 0 Å². The van der Waals surface area contributed by atoms with Gasteiger partial charge in [-0.2, -0.15) is 0 Å². The number of aryl methyl sites for hydroxylation is 1. The van der Waals surface area contributed by atoms with Gasteiger partial charge in [0.1, 0.15) is 5.57 Å². The van der Waals surface area contributed by atoms with Crippen LogP contribution in [0.15, 0.2) is 48.0 Å². The van der Waals surface area contributed by atoms with Crippen LogP contribution in [0.5, 0.6) is 11.5 Å². The molecule has 2 aromatic carbocycles. The largest absolute Gasteiger partial charge is 0.504 e. The summed E-state index contributed by atoms with van der Waals surface area (Å²) in [6.07, 6.45) is 1.23. The Morgan fingerprint density at radius 1 is 1.12 bits per heavy atom. The molecule has 7 heteroatoms. The lowest BCUT2D eigenvalue weighted by molar-refractivity contribution is -0.122. The van der Waals surface area contributed by atoms with Crippen LogP contribution in [0.1, 0.15) is 11.1 Å². The lowest BCUT2D eigenvalue weighted by Gasteiger charge is -2.26. The summed E-state index contributed by atoms with van der Waals surface area (Å²) in [7, 11) is 1.39. The van der Waals surface area contributed by atoms with Gasteiger partial charge in [0.05, 0.1) is 12.8 Å². The van der Waals surface area contributed by atoms with E-state index in [1.54, 1.807) is 30.3 Å². The van der Waals surface area contributed by atoms with E-state index in [-0.39, 0.29) is 22.6 Å². The van der Waals surface area contributed by atoms with Crippen molar-refractivity contribution in [3.63, 3.8) is 0 Å². The maximum Gasteiger partial charge on any atom is 0.335 e. The summed E-state index contributed by atoms with van der Waals surface area (Å²) >= 11 is 0. The van der Waals surface area contributed by atoms with Crippen molar-refractivity contribution in [2.24, 2.45) is 0 Å². The summed E-state index contributed by atoms with van der Waals surface area (Å²) in [5.41, 5.74) is 1.16. The average Bonchev–Trinajstić information content (AvgIpc) is 2.60. The molecule has 0 aromatic heterocycles. The van der Waals surface area contributed by atoms with E-state index in [4.69, 9.17) is 4.74 Å². The summed E-state index contributed by atoms with van der Waals surface area (Å²) < 4.78 is 5.02.